The topological polar surface area (TPSA) is 0 Å². The molecule has 0 heterocycles. The van der Waals surface area contributed by atoms with Crippen LogP contribution in [0.3, 0.4) is 0 Å². The summed E-state index contributed by atoms with van der Waals surface area (Å²) in [4.78, 5) is 0. The molecular formula is C58H34. The average Bonchev–Trinajstić information content (AvgIpc) is 3.29. The van der Waals surface area contributed by atoms with Crippen LogP contribution >= 0.6 is 0 Å². The predicted molar refractivity (Wildman–Crippen MR) is 251 cm³/mol. The standard InChI is InChI=1S/C58H34/c1-2-10-35(11-3-1)56-47-19-7-6-18-44(47)52(46-29-25-41-23-21-37-15-9-17-39-27-31-49(46)58(41)55(37)39)34-53(56)51-33-43-13-5-4-12-42(43)32-50(51)45-28-24-40-22-20-36-14-8-16-38-26-30-48(45)57(40)54(36)38/h1-34H. The molecule has 13 rings (SSSR count). The van der Waals surface area contributed by atoms with Crippen LogP contribution in [0.4, 0.5) is 0 Å². The van der Waals surface area contributed by atoms with Crippen LogP contribution in [0.1, 0.15) is 0 Å². The maximum Gasteiger partial charge on any atom is -0.00206 e. The van der Waals surface area contributed by atoms with Gasteiger partial charge in [0.15, 0.2) is 0 Å². The van der Waals surface area contributed by atoms with Crippen LogP contribution in [-0.4, -0.2) is 0 Å². The molecule has 0 atom stereocenters. The Morgan fingerprint density at radius 1 is 0.190 bits per heavy atom. The van der Waals surface area contributed by atoms with Gasteiger partial charge >= 0.3 is 0 Å². The van der Waals surface area contributed by atoms with Crippen LogP contribution in [0.2, 0.25) is 0 Å². The normalized spacial score (nSPS) is 12.1. The Morgan fingerprint density at radius 3 is 1.17 bits per heavy atom. The van der Waals surface area contributed by atoms with Crippen molar-refractivity contribution in [3.8, 4) is 44.5 Å². The summed E-state index contributed by atoms with van der Waals surface area (Å²) in [6, 6.07) is 77.5. The molecule has 0 saturated heterocycles. The fourth-order valence-corrected chi connectivity index (χ4v) is 10.4. The number of hydrogen-bond donors (Lipinski definition) is 0. The second kappa shape index (κ2) is 12.0. The molecule has 0 nitrogen and oxygen atoms in total. The van der Waals surface area contributed by atoms with E-state index in [0.29, 0.717) is 0 Å². The van der Waals surface area contributed by atoms with Gasteiger partial charge in [-0.3, -0.25) is 0 Å². The molecule has 0 unspecified atom stereocenters. The van der Waals surface area contributed by atoms with E-state index in [0.717, 1.165) is 0 Å². The molecule has 13 aromatic carbocycles. The molecule has 0 aliphatic carbocycles. The van der Waals surface area contributed by atoms with Crippen LogP contribution in [0.25, 0.3) is 131 Å². The minimum absolute atomic E-state index is 1.21. The van der Waals surface area contributed by atoms with Crippen molar-refractivity contribution >= 4 is 86.2 Å². The van der Waals surface area contributed by atoms with Gasteiger partial charge in [-0.25, -0.2) is 0 Å². The maximum atomic E-state index is 2.51. The summed E-state index contributed by atoms with van der Waals surface area (Å²) < 4.78 is 0. The first-order chi connectivity index (χ1) is 28.8. The molecule has 0 radical (unpaired) electrons. The smallest absolute Gasteiger partial charge is 0.00206 e. The molecule has 0 aliphatic heterocycles. The summed E-state index contributed by atoms with van der Waals surface area (Å²) in [6.07, 6.45) is 0. The predicted octanol–water partition coefficient (Wildman–Crippen LogP) is 16.5. The van der Waals surface area contributed by atoms with Gasteiger partial charge in [-0.05, 0) is 149 Å². The summed E-state index contributed by atoms with van der Waals surface area (Å²) in [5, 5.41) is 20.6. The van der Waals surface area contributed by atoms with E-state index in [2.05, 4.69) is 206 Å². The van der Waals surface area contributed by atoms with Gasteiger partial charge in [0.2, 0.25) is 0 Å². The van der Waals surface area contributed by atoms with Crippen LogP contribution in [0, 0.1) is 0 Å². The quantitative estimate of drug-likeness (QED) is 0.158. The molecule has 266 valence electrons. The first kappa shape index (κ1) is 31.6. The lowest BCUT2D eigenvalue weighted by Gasteiger charge is -2.22. The van der Waals surface area contributed by atoms with E-state index in [-0.39, 0.29) is 0 Å². The largest absolute Gasteiger partial charge is 0.0622 e. The number of rotatable bonds is 4. The Labute approximate surface area is 335 Å². The minimum Gasteiger partial charge on any atom is -0.0622 e. The zero-order valence-electron chi connectivity index (χ0n) is 31.6. The third-order valence-electron chi connectivity index (χ3n) is 12.9. The van der Waals surface area contributed by atoms with Crippen molar-refractivity contribution in [1.29, 1.82) is 0 Å². The number of hydrogen-bond acceptors (Lipinski definition) is 0. The monoisotopic (exact) mass is 730 g/mol. The molecule has 13 aromatic rings. The minimum atomic E-state index is 1.21. The van der Waals surface area contributed by atoms with Gasteiger partial charge in [-0.15, -0.1) is 0 Å². The second-order valence-corrected chi connectivity index (χ2v) is 15.9. The first-order valence-corrected chi connectivity index (χ1v) is 20.2. The molecule has 0 aromatic heterocycles. The number of benzene rings is 13. The fraction of sp³-hybridized carbons (Fsp3) is 0. The Morgan fingerprint density at radius 2 is 0.603 bits per heavy atom. The zero-order valence-corrected chi connectivity index (χ0v) is 31.6. The number of fused-ring (bicyclic) bond motifs is 2. The second-order valence-electron chi connectivity index (χ2n) is 15.9. The van der Waals surface area contributed by atoms with Crippen molar-refractivity contribution < 1.29 is 0 Å². The third-order valence-corrected chi connectivity index (χ3v) is 12.9. The molecular weight excluding hydrogens is 697 g/mol. The van der Waals surface area contributed by atoms with E-state index in [1.54, 1.807) is 0 Å². The summed E-state index contributed by atoms with van der Waals surface area (Å²) in [7, 11) is 0. The van der Waals surface area contributed by atoms with Crippen LogP contribution < -0.4 is 0 Å². The van der Waals surface area contributed by atoms with Gasteiger partial charge in [0.1, 0.15) is 0 Å². The molecule has 0 bridgehead atoms. The molecule has 0 heteroatoms. The molecule has 0 spiro atoms. The van der Waals surface area contributed by atoms with E-state index in [1.165, 1.54) is 131 Å². The summed E-state index contributed by atoms with van der Waals surface area (Å²) in [6.45, 7) is 0. The van der Waals surface area contributed by atoms with Crippen LogP contribution in [0.5, 0.6) is 0 Å². The maximum absolute atomic E-state index is 2.51. The Bertz CT molecular complexity index is 3740. The van der Waals surface area contributed by atoms with E-state index < -0.39 is 0 Å². The highest BCUT2D eigenvalue weighted by Gasteiger charge is 2.23. The van der Waals surface area contributed by atoms with Crippen LogP contribution in [0.15, 0.2) is 206 Å². The van der Waals surface area contributed by atoms with Crippen molar-refractivity contribution in [2.45, 2.75) is 0 Å². The summed E-state index contributed by atoms with van der Waals surface area (Å²) in [5.74, 6) is 0. The summed E-state index contributed by atoms with van der Waals surface area (Å²) >= 11 is 0. The highest BCUT2D eigenvalue weighted by Crippen LogP contribution is 2.50. The van der Waals surface area contributed by atoms with E-state index in [9.17, 15) is 0 Å². The fourth-order valence-electron chi connectivity index (χ4n) is 10.4. The molecule has 0 saturated carbocycles. The first-order valence-electron chi connectivity index (χ1n) is 20.2. The van der Waals surface area contributed by atoms with Crippen molar-refractivity contribution in [3.05, 3.63) is 206 Å². The molecule has 0 amide bonds. The van der Waals surface area contributed by atoms with Gasteiger partial charge < -0.3 is 0 Å². The van der Waals surface area contributed by atoms with Crippen molar-refractivity contribution in [1.82, 2.24) is 0 Å². The van der Waals surface area contributed by atoms with Crippen molar-refractivity contribution in [3.63, 3.8) is 0 Å². The summed E-state index contributed by atoms with van der Waals surface area (Å²) in [5.41, 5.74) is 9.94. The molecule has 58 heavy (non-hydrogen) atoms. The highest BCUT2D eigenvalue weighted by molar-refractivity contribution is 6.28. The lowest BCUT2D eigenvalue weighted by atomic mass is 9.80. The van der Waals surface area contributed by atoms with E-state index in [4.69, 9.17) is 0 Å². The lowest BCUT2D eigenvalue weighted by Crippen LogP contribution is -1.95. The van der Waals surface area contributed by atoms with E-state index in [1.807, 2.05) is 0 Å². The van der Waals surface area contributed by atoms with Gasteiger partial charge in [-0.1, -0.05) is 188 Å². The Kier molecular flexibility index (Phi) is 6.54. The van der Waals surface area contributed by atoms with Gasteiger partial charge in [0, 0.05) is 0 Å². The van der Waals surface area contributed by atoms with Gasteiger partial charge in [-0.2, -0.15) is 0 Å². The van der Waals surface area contributed by atoms with Crippen molar-refractivity contribution in [2.24, 2.45) is 0 Å². The third kappa shape index (κ3) is 4.46. The average molecular weight is 731 g/mol. The van der Waals surface area contributed by atoms with Gasteiger partial charge in [0.25, 0.3) is 0 Å². The Hall–Kier alpha value is -7.54. The SMILES string of the molecule is c1ccc(-c2c(-c3cc4ccccc4cc3-c3ccc4ccc5cccc6ccc3c4c56)cc(-c3ccc4ccc5cccc6ccc3c4c56)c3ccccc23)cc1. The Balaban J connectivity index is 1.19. The zero-order chi connectivity index (χ0) is 37.9. The molecule has 0 fully saturated rings. The molecule has 0 aliphatic rings. The lowest BCUT2D eigenvalue weighted by molar-refractivity contribution is 1.61. The van der Waals surface area contributed by atoms with Crippen LogP contribution in [-0.2, 0) is 0 Å². The van der Waals surface area contributed by atoms with Gasteiger partial charge in [0.05, 0.1) is 0 Å². The highest BCUT2D eigenvalue weighted by atomic mass is 14.3. The van der Waals surface area contributed by atoms with E-state index >= 15 is 0 Å². The molecule has 0 N–H and O–H groups in total. The van der Waals surface area contributed by atoms with Crippen molar-refractivity contribution in [2.75, 3.05) is 0 Å².